The molecule has 0 spiro atoms. The molecule has 1 amide bonds. The van der Waals surface area contributed by atoms with E-state index in [0.717, 1.165) is 31.6 Å². The van der Waals surface area contributed by atoms with Gasteiger partial charge in [0.15, 0.2) is 5.76 Å². The molecule has 2 aromatic rings. The Labute approximate surface area is 149 Å². The molecule has 0 atom stereocenters. The summed E-state index contributed by atoms with van der Waals surface area (Å²) in [6, 6.07) is 1.24. The molecule has 0 radical (unpaired) electrons. The maximum atomic E-state index is 12.2. The molecule has 0 unspecified atom stereocenters. The maximum Gasteiger partial charge on any atom is 0.345 e. The monoisotopic (exact) mass is 362 g/mol. The predicted octanol–water partition coefficient (Wildman–Crippen LogP) is 1.05. The molecule has 0 saturated carbocycles. The van der Waals surface area contributed by atoms with Crippen LogP contribution in [0.2, 0.25) is 0 Å². The number of aromatic nitrogens is 3. The second-order valence-corrected chi connectivity index (χ2v) is 6.25. The second kappa shape index (κ2) is 7.59. The largest absolute Gasteiger partial charge is 0.478 e. The molecule has 140 valence electrons. The van der Waals surface area contributed by atoms with Gasteiger partial charge in [0.05, 0.1) is 0 Å². The average molecular weight is 362 g/mol. The summed E-state index contributed by atoms with van der Waals surface area (Å²) in [7, 11) is 0. The summed E-state index contributed by atoms with van der Waals surface area (Å²) < 4.78 is 8.47. The van der Waals surface area contributed by atoms with Crippen LogP contribution in [0, 0.1) is 0 Å². The molecule has 9 nitrogen and oxygen atoms in total. The third-order valence-electron chi connectivity index (χ3n) is 4.45. The number of furan rings is 1. The van der Waals surface area contributed by atoms with Crippen LogP contribution in [-0.2, 0) is 25.9 Å². The zero-order valence-electron chi connectivity index (χ0n) is 14.7. The highest BCUT2D eigenvalue weighted by Gasteiger charge is 2.20. The Kier molecular flexibility index (Phi) is 5.24. The molecule has 2 aromatic heterocycles. The van der Waals surface area contributed by atoms with Gasteiger partial charge < -0.3 is 14.8 Å². The first-order valence-corrected chi connectivity index (χ1v) is 8.82. The summed E-state index contributed by atoms with van der Waals surface area (Å²) in [4.78, 5) is 35.4. The number of carbonyl (C=O) groups excluding carboxylic acids is 1. The van der Waals surface area contributed by atoms with Gasteiger partial charge in [-0.05, 0) is 19.3 Å². The molecular formula is C17H22N4O5. The topological polar surface area (TPSA) is 119 Å². The van der Waals surface area contributed by atoms with Crippen LogP contribution in [0.5, 0.6) is 0 Å². The normalized spacial score (nSPS) is 13.4. The fourth-order valence-corrected chi connectivity index (χ4v) is 3.10. The number of carboxylic acids is 1. The quantitative estimate of drug-likeness (QED) is 0.711. The van der Waals surface area contributed by atoms with Crippen molar-refractivity contribution in [2.45, 2.75) is 52.1 Å². The van der Waals surface area contributed by atoms with E-state index < -0.39 is 11.9 Å². The number of fused-ring (bicyclic) bond motifs is 1. The van der Waals surface area contributed by atoms with Gasteiger partial charge >= 0.3 is 11.7 Å². The Hall–Kier alpha value is -2.84. The molecule has 0 aliphatic carbocycles. The minimum Gasteiger partial charge on any atom is -0.478 e. The summed E-state index contributed by atoms with van der Waals surface area (Å²) in [5.74, 6) is -0.503. The fourth-order valence-electron chi connectivity index (χ4n) is 3.10. The van der Waals surface area contributed by atoms with E-state index in [1.54, 1.807) is 11.5 Å². The molecular weight excluding hydrogens is 340 g/mol. The van der Waals surface area contributed by atoms with Crippen LogP contribution in [0.25, 0.3) is 0 Å². The van der Waals surface area contributed by atoms with Crippen LogP contribution in [0.4, 0.5) is 0 Å². The number of nitrogens with one attached hydrogen (secondary N) is 1. The van der Waals surface area contributed by atoms with Crippen molar-refractivity contribution >= 4 is 11.9 Å². The molecule has 0 bridgehead atoms. The van der Waals surface area contributed by atoms with E-state index in [2.05, 4.69) is 10.4 Å². The SMILES string of the molecule is CCc1oc(C(=O)NCCCn2nc3n(c2=O)CCCC3)cc1C(=O)O. The van der Waals surface area contributed by atoms with Crippen LogP contribution in [0.15, 0.2) is 15.3 Å². The number of hydrogen-bond acceptors (Lipinski definition) is 5. The number of rotatable bonds is 7. The molecule has 0 aromatic carbocycles. The number of aromatic carboxylic acids is 1. The van der Waals surface area contributed by atoms with Crippen molar-refractivity contribution in [1.29, 1.82) is 0 Å². The van der Waals surface area contributed by atoms with Gasteiger partial charge in [0.1, 0.15) is 17.1 Å². The fraction of sp³-hybridized carbons (Fsp3) is 0.529. The zero-order chi connectivity index (χ0) is 18.7. The lowest BCUT2D eigenvalue weighted by Crippen LogP contribution is -2.29. The van der Waals surface area contributed by atoms with E-state index in [9.17, 15) is 14.4 Å². The van der Waals surface area contributed by atoms with Gasteiger partial charge in [0.2, 0.25) is 0 Å². The van der Waals surface area contributed by atoms with Crippen LogP contribution in [0.1, 0.15) is 58.7 Å². The van der Waals surface area contributed by atoms with Crippen LogP contribution >= 0.6 is 0 Å². The molecule has 3 rings (SSSR count). The minimum atomic E-state index is -1.12. The van der Waals surface area contributed by atoms with Gasteiger partial charge in [-0.3, -0.25) is 9.36 Å². The van der Waals surface area contributed by atoms with Gasteiger partial charge in [0.25, 0.3) is 5.91 Å². The molecule has 0 saturated heterocycles. The van der Waals surface area contributed by atoms with E-state index in [1.807, 2.05) is 0 Å². The highest BCUT2D eigenvalue weighted by atomic mass is 16.4. The van der Waals surface area contributed by atoms with E-state index >= 15 is 0 Å². The third-order valence-corrected chi connectivity index (χ3v) is 4.45. The van der Waals surface area contributed by atoms with Crippen molar-refractivity contribution in [1.82, 2.24) is 19.7 Å². The average Bonchev–Trinajstić information content (AvgIpc) is 3.21. The van der Waals surface area contributed by atoms with Crippen molar-refractivity contribution in [2.24, 2.45) is 0 Å². The van der Waals surface area contributed by atoms with Crippen LogP contribution in [0.3, 0.4) is 0 Å². The minimum absolute atomic E-state index is 0.00722. The van der Waals surface area contributed by atoms with E-state index in [4.69, 9.17) is 9.52 Å². The summed E-state index contributed by atoms with van der Waals surface area (Å²) in [5.41, 5.74) is -0.0939. The van der Waals surface area contributed by atoms with Crippen LogP contribution in [-0.4, -0.2) is 37.9 Å². The summed E-state index contributed by atoms with van der Waals surface area (Å²) in [5, 5.41) is 16.1. The Bertz CT molecular complexity index is 876. The number of amides is 1. The van der Waals surface area contributed by atoms with E-state index in [-0.39, 0.29) is 22.8 Å². The molecule has 1 aliphatic rings. The molecule has 26 heavy (non-hydrogen) atoms. The lowest BCUT2D eigenvalue weighted by molar-refractivity contribution is 0.0694. The Morgan fingerprint density at radius 3 is 2.85 bits per heavy atom. The first-order chi connectivity index (χ1) is 12.5. The first-order valence-electron chi connectivity index (χ1n) is 8.82. The number of carboxylic acid groups (broad SMARTS) is 1. The van der Waals surface area contributed by atoms with E-state index in [1.165, 1.54) is 10.7 Å². The second-order valence-electron chi connectivity index (χ2n) is 6.25. The van der Waals surface area contributed by atoms with Crippen molar-refractivity contribution in [3.05, 3.63) is 39.5 Å². The van der Waals surface area contributed by atoms with E-state index in [0.29, 0.717) is 25.9 Å². The predicted molar refractivity (Wildman–Crippen MR) is 91.4 cm³/mol. The summed E-state index contributed by atoms with van der Waals surface area (Å²) in [6.45, 7) is 3.22. The lowest BCUT2D eigenvalue weighted by Gasteiger charge is -2.09. The Balaban J connectivity index is 1.54. The lowest BCUT2D eigenvalue weighted by atomic mass is 10.2. The first kappa shape index (κ1) is 18.0. The standard InChI is InChI=1S/C17H22N4O5/c1-2-12-11(16(23)24)10-13(26-12)15(22)18-7-5-9-21-17(25)20-8-4-3-6-14(20)19-21/h10H,2-9H2,1H3,(H,18,22)(H,23,24). The summed E-state index contributed by atoms with van der Waals surface area (Å²) >= 11 is 0. The molecule has 0 fully saturated rings. The highest BCUT2D eigenvalue weighted by molar-refractivity contribution is 5.96. The molecule has 9 heteroatoms. The highest BCUT2D eigenvalue weighted by Crippen LogP contribution is 2.16. The molecule has 3 heterocycles. The van der Waals surface area contributed by atoms with Crippen molar-refractivity contribution in [3.8, 4) is 0 Å². The zero-order valence-corrected chi connectivity index (χ0v) is 14.7. The van der Waals surface area contributed by atoms with Gasteiger partial charge in [-0.1, -0.05) is 6.92 Å². The number of nitrogens with zero attached hydrogens (tertiary/aromatic N) is 3. The van der Waals surface area contributed by atoms with Crippen LogP contribution < -0.4 is 11.0 Å². The molecule has 2 N–H and O–H groups in total. The molecule has 1 aliphatic heterocycles. The maximum absolute atomic E-state index is 12.2. The number of carbonyl (C=O) groups is 2. The van der Waals surface area contributed by atoms with Gasteiger partial charge in [-0.15, -0.1) is 0 Å². The smallest absolute Gasteiger partial charge is 0.345 e. The summed E-state index contributed by atoms with van der Waals surface area (Å²) in [6.07, 6.45) is 3.80. The van der Waals surface area contributed by atoms with Crippen molar-refractivity contribution in [3.63, 3.8) is 0 Å². The van der Waals surface area contributed by atoms with Crippen molar-refractivity contribution in [2.75, 3.05) is 6.54 Å². The number of hydrogen-bond donors (Lipinski definition) is 2. The number of aryl methyl sites for hydroxylation is 3. The third kappa shape index (κ3) is 3.56. The Morgan fingerprint density at radius 1 is 1.38 bits per heavy atom. The van der Waals surface area contributed by atoms with Gasteiger partial charge in [0, 0.05) is 38.5 Å². The van der Waals surface area contributed by atoms with Gasteiger partial charge in [-0.25, -0.2) is 14.3 Å². The van der Waals surface area contributed by atoms with Gasteiger partial charge in [-0.2, -0.15) is 5.10 Å². The van der Waals surface area contributed by atoms with Crippen molar-refractivity contribution < 1.29 is 19.1 Å². The Morgan fingerprint density at radius 2 is 2.19 bits per heavy atom.